The first kappa shape index (κ1) is 21.3. The molecule has 5 aliphatic rings. The first-order chi connectivity index (χ1) is 13.9. The maximum Gasteiger partial charge on any atom is 0.417 e. The van der Waals surface area contributed by atoms with Crippen LogP contribution in [0.25, 0.3) is 0 Å². The second-order valence-corrected chi connectivity index (χ2v) is 12.5. The van der Waals surface area contributed by atoms with E-state index in [0.29, 0.717) is 35.5 Å². The van der Waals surface area contributed by atoms with E-state index in [2.05, 4.69) is 40.3 Å². The summed E-state index contributed by atoms with van der Waals surface area (Å²) in [6.07, 6.45) is 2.26. The molecule has 170 valence electrons. The third kappa shape index (κ3) is 2.52. The highest BCUT2D eigenvalue weighted by Gasteiger charge is 2.74. The van der Waals surface area contributed by atoms with E-state index in [4.69, 9.17) is 0 Å². The summed E-state index contributed by atoms with van der Waals surface area (Å²) in [5.41, 5.74) is -2.15. The predicted octanol–water partition coefficient (Wildman–Crippen LogP) is 6.86. The van der Waals surface area contributed by atoms with Crippen molar-refractivity contribution in [3.8, 4) is 0 Å². The van der Waals surface area contributed by atoms with Gasteiger partial charge in [0.25, 0.3) is 0 Å². The van der Waals surface area contributed by atoms with E-state index in [1.807, 2.05) is 0 Å². The number of hydrogen-bond acceptors (Lipinski definition) is 1. The molecule has 0 aromatic carbocycles. The van der Waals surface area contributed by atoms with Gasteiger partial charge in [-0.25, -0.2) is 0 Å². The highest BCUT2D eigenvalue weighted by molar-refractivity contribution is 5.22. The summed E-state index contributed by atoms with van der Waals surface area (Å²) in [6.45, 7) is 13.7. The fourth-order valence-corrected chi connectivity index (χ4v) is 10.1. The fraction of sp³-hybridized carbons (Fsp3) is 0.923. The standard InChI is InChI=1S/C26H39F3O/c1-6-14(2)21-19-15(3)20(19)22-17-8-7-16-13-25(30,26(27,28)29)12-11-23(16,4)18(17)9-10-24(21,22)5/h6,14-22,30H,1,7-13H2,2-5H3/t14-,15-,16-,17-,18+,19+,20?,21+,22-,23+,24-,25-/m1/s1. The molecule has 0 heterocycles. The quantitative estimate of drug-likeness (QED) is 0.480. The smallest absolute Gasteiger partial charge is 0.380 e. The highest BCUT2D eigenvalue weighted by Crippen LogP contribution is 2.79. The summed E-state index contributed by atoms with van der Waals surface area (Å²) in [5.74, 6) is 5.59. The van der Waals surface area contributed by atoms with Crippen LogP contribution >= 0.6 is 0 Å². The van der Waals surface area contributed by atoms with Crippen LogP contribution in [0.15, 0.2) is 12.7 Å². The molecule has 5 rings (SSSR count). The highest BCUT2D eigenvalue weighted by atomic mass is 19.4. The summed E-state index contributed by atoms with van der Waals surface area (Å²) < 4.78 is 40.7. The maximum absolute atomic E-state index is 13.6. The fourth-order valence-electron chi connectivity index (χ4n) is 10.1. The van der Waals surface area contributed by atoms with Crippen molar-refractivity contribution in [2.24, 2.45) is 64.1 Å². The summed E-state index contributed by atoms with van der Waals surface area (Å²) >= 11 is 0. The Balaban J connectivity index is 1.44. The molecule has 5 saturated carbocycles. The predicted molar refractivity (Wildman–Crippen MR) is 112 cm³/mol. The Hall–Kier alpha value is -0.510. The number of aliphatic hydroxyl groups is 1. The van der Waals surface area contributed by atoms with Gasteiger partial charge in [-0.05, 0) is 109 Å². The van der Waals surface area contributed by atoms with Gasteiger partial charge < -0.3 is 5.11 Å². The second-order valence-electron chi connectivity index (χ2n) is 12.5. The molecule has 5 aliphatic carbocycles. The van der Waals surface area contributed by atoms with Gasteiger partial charge in [-0.1, -0.05) is 33.8 Å². The third-order valence-corrected chi connectivity index (χ3v) is 11.6. The topological polar surface area (TPSA) is 20.2 Å². The van der Waals surface area contributed by atoms with Crippen LogP contribution in [-0.2, 0) is 0 Å². The lowest BCUT2D eigenvalue weighted by atomic mass is 9.42. The van der Waals surface area contributed by atoms with Crippen molar-refractivity contribution in [2.45, 2.75) is 84.4 Å². The lowest BCUT2D eigenvalue weighted by molar-refractivity contribution is -0.290. The van der Waals surface area contributed by atoms with Gasteiger partial charge in [0.1, 0.15) is 0 Å². The second kappa shape index (κ2) is 6.29. The average molecular weight is 425 g/mol. The van der Waals surface area contributed by atoms with Crippen LogP contribution in [0.5, 0.6) is 0 Å². The first-order valence-corrected chi connectivity index (χ1v) is 12.3. The molecule has 12 atom stereocenters. The maximum atomic E-state index is 13.6. The molecule has 0 radical (unpaired) electrons. The van der Waals surface area contributed by atoms with Gasteiger partial charge in [-0.15, -0.1) is 6.58 Å². The Morgan fingerprint density at radius 3 is 2.37 bits per heavy atom. The van der Waals surface area contributed by atoms with Crippen molar-refractivity contribution in [2.75, 3.05) is 0 Å². The molecule has 1 N–H and O–H groups in total. The molecular weight excluding hydrogens is 385 g/mol. The molecule has 0 aliphatic heterocycles. The molecule has 1 nitrogen and oxygen atoms in total. The monoisotopic (exact) mass is 424 g/mol. The zero-order valence-electron chi connectivity index (χ0n) is 19.0. The number of rotatable bonds is 2. The zero-order chi connectivity index (χ0) is 21.9. The van der Waals surface area contributed by atoms with E-state index in [-0.39, 0.29) is 24.2 Å². The molecule has 4 heteroatoms. The van der Waals surface area contributed by atoms with Gasteiger partial charge in [-0.2, -0.15) is 13.2 Å². The van der Waals surface area contributed by atoms with Gasteiger partial charge in [0.2, 0.25) is 0 Å². The molecule has 1 unspecified atom stereocenters. The largest absolute Gasteiger partial charge is 0.417 e. The number of allylic oxidation sites excluding steroid dienone is 1. The minimum atomic E-state index is -4.51. The van der Waals surface area contributed by atoms with E-state index >= 15 is 0 Å². The van der Waals surface area contributed by atoms with Crippen LogP contribution in [0.2, 0.25) is 0 Å². The van der Waals surface area contributed by atoms with Crippen LogP contribution in [0.3, 0.4) is 0 Å². The van der Waals surface area contributed by atoms with Crippen molar-refractivity contribution in [3.63, 3.8) is 0 Å². The summed E-state index contributed by atoms with van der Waals surface area (Å²) in [7, 11) is 0. The molecule has 0 saturated heterocycles. The van der Waals surface area contributed by atoms with Crippen molar-refractivity contribution in [3.05, 3.63) is 12.7 Å². The third-order valence-electron chi connectivity index (χ3n) is 11.6. The zero-order valence-corrected chi connectivity index (χ0v) is 19.0. The van der Waals surface area contributed by atoms with E-state index in [9.17, 15) is 18.3 Å². The van der Waals surface area contributed by atoms with E-state index in [1.54, 1.807) is 0 Å². The van der Waals surface area contributed by atoms with Crippen molar-refractivity contribution >= 4 is 0 Å². The van der Waals surface area contributed by atoms with Crippen molar-refractivity contribution < 1.29 is 18.3 Å². The van der Waals surface area contributed by atoms with Crippen LogP contribution in [0.1, 0.15) is 72.6 Å². The van der Waals surface area contributed by atoms with E-state index < -0.39 is 11.8 Å². The lowest BCUT2D eigenvalue weighted by Gasteiger charge is -2.63. The van der Waals surface area contributed by atoms with E-state index in [1.165, 1.54) is 6.42 Å². The van der Waals surface area contributed by atoms with Crippen LogP contribution in [-0.4, -0.2) is 16.9 Å². The van der Waals surface area contributed by atoms with Crippen molar-refractivity contribution in [1.29, 1.82) is 0 Å². The Labute approximate surface area is 179 Å². The normalized spacial score (nSPS) is 58.1. The van der Waals surface area contributed by atoms with Gasteiger partial charge >= 0.3 is 6.18 Å². The summed E-state index contributed by atoms with van der Waals surface area (Å²) in [5, 5.41) is 10.4. The Morgan fingerprint density at radius 1 is 1.03 bits per heavy atom. The molecule has 0 spiro atoms. The van der Waals surface area contributed by atoms with E-state index in [0.717, 1.165) is 42.9 Å². The Bertz CT molecular complexity index is 732. The molecule has 0 amide bonds. The molecule has 0 aromatic rings. The SMILES string of the molecule is C=C[C@@H](C)[C@H]1[C@@H]2C([C@@H]2C)[C@H]2[C@@H]3CC[C@@H]4C[C@@](O)(C(F)(F)F)CC[C@]4(C)[C@H]3CC[C@]12C. The molecule has 5 fully saturated rings. The summed E-state index contributed by atoms with van der Waals surface area (Å²) in [4.78, 5) is 0. The van der Waals surface area contributed by atoms with Gasteiger partial charge in [0.05, 0.1) is 0 Å². The minimum absolute atomic E-state index is 0.000188. The van der Waals surface area contributed by atoms with Gasteiger partial charge in [0.15, 0.2) is 5.60 Å². The number of halogens is 3. The molecule has 30 heavy (non-hydrogen) atoms. The minimum Gasteiger partial charge on any atom is -0.380 e. The lowest BCUT2D eigenvalue weighted by Crippen LogP contribution is -2.59. The first-order valence-electron chi connectivity index (χ1n) is 12.3. The molecule has 0 bridgehead atoms. The van der Waals surface area contributed by atoms with Gasteiger partial charge in [0, 0.05) is 0 Å². The van der Waals surface area contributed by atoms with Crippen LogP contribution < -0.4 is 0 Å². The van der Waals surface area contributed by atoms with Crippen molar-refractivity contribution in [1.82, 2.24) is 0 Å². The van der Waals surface area contributed by atoms with Crippen LogP contribution in [0.4, 0.5) is 13.2 Å². The number of alkyl halides is 3. The average Bonchev–Trinajstić information content (AvgIpc) is 3.18. The van der Waals surface area contributed by atoms with Gasteiger partial charge in [-0.3, -0.25) is 0 Å². The number of fused-ring (bicyclic) bond motifs is 7. The molecular formula is C26H39F3O. The molecule has 0 aromatic heterocycles. The van der Waals surface area contributed by atoms with Crippen LogP contribution in [0, 0.1) is 64.1 Å². The number of hydrogen-bond donors (Lipinski definition) is 1. The Kier molecular flexibility index (Phi) is 4.48. The summed E-state index contributed by atoms with van der Waals surface area (Å²) in [6, 6.07) is 0. The Morgan fingerprint density at radius 2 is 1.73 bits per heavy atom.